The van der Waals surface area contributed by atoms with Crippen LogP contribution in [0.4, 0.5) is 0 Å². The number of hydrogen-bond donors (Lipinski definition) is 0. The van der Waals surface area contributed by atoms with Gasteiger partial charge in [0.15, 0.2) is 0 Å². The monoisotopic (exact) mass is 1900 g/mol. The molecule has 0 radical (unpaired) electrons. The zero-order valence-electron chi connectivity index (χ0n) is 64.9. The van der Waals surface area contributed by atoms with Gasteiger partial charge in [0.05, 0.1) is 75.2 Å². The fourth-order valence-corrected chi connectivity index (χ4v) is 13.8. The zero-order chi connectivity index (χ0) is 68.5. The quantitative estimate of drug-likeness (QED) is 0.0129. The van der Waals surface area contributed by atoms with Crippen LogP contribution < -0.4 is 92.6 Å². The number of quaternary nitrogens is 2. The van der Waals surface area contributed by atoms with Crippen molar-refractivity contribution in [2.45, 2.75) is 363 Å². The van der Waals surface area contributed by atoms with E-state index in [9.17, 15) is 0 Å². The molecule has 3 saturated carbocycles. The molecule has 6 nitrogen and oxygen atoms in total. The van der Waals surface area contributed by atoms with Crippen molar-refractivity contribution in [2.75, 3.05) is 101 Å². The molecule has 0 aromatic heterocycles. The molecule has 3 fully saturated rings. The predicted molar refractivity (Wildman–Crippen MR) is 536 cm³/mol. The molecule has 3 aliphatic rings. The minimum atomic E-state index is 0. The fourth-order valence-electron chi connectivity index (χ4n) is 13.8. The van der Waals surface area contributed by atoms with Gasteiger partial charge >= 0.3 is 29.6 Å². The molecule has 0 saturated heterocycles. The molecule has 0 aliphatic heterocycles. The van der Waals surface area contributed by atoms with Crippen LogP contribution in [-0.2, 0) is 16.2 Å². The van der Waals surface area contributed by atoms with E-state index in [2.05, 4.69) is 292 Å². The van der Waals surface area contributed by atoms with Crippen molar-refractivity contribution >= 4 is 22.6 Å². The molecule has 6 aromatic carbocycles. The molecule has 0 amide bonds. The van der Waals surface area contributed by atoms with Gasteiger partial charge in [-0.15, -0.1) is 0 Å². The smallest absolute Gasteiger partial charge is 1.00 e. The van der Waals surface area contributed by atoms with Crippen LogP contribution in [0.1, 0.15) is 397 Å². The minimum Gasteiger partial charge on any atom is -1.00 e. The summed E-state index contributed by atoms with van der Waals surface area (Å²) in [6.07, 6.45) is 22.1. The molecule has 686 valence electrons. The Morgan fingerprint density at radius 2 is 0.491 bits per heavy atom. The third-order valence-electron chi connectivity index (χ3n) is 21.4. The second kappa shape index (κ2) is 76.3. The molecule has 3 aliphatic carbocycles. The van der Waals surface area contributed by atoms with Gasteiger partial charge < -0.3 is 76.9 Å². The Morgan fingerprint density at radius 3 is 0.655 bits per heavy atom. The average Bonchev–Trinajstić information content (AvgIpc) is 1.63. The van der Waals surface area contributed by atoms with E-state index in [1.54, 1.807) is 0 Å². The molecule has 116 heavy (non-hydrogen) atoms. The second-order valence-electron chi connectivity index (χ2n) is 31.7. The molecule has 6 atom stereocenters. The van der Waals surface area contributed by atoms with Gasteiger partial charge in [-0.1, -0.05) is 328 Å². The largest absolute Gasteiger partial charge is 1.00 e. The molecule has 9 rings (SSSR count). The van der Waals surface area contributed by atoms with E-state index in [-0.39, 0.29) is 212 Å². The van der Waals surface area contributed by atoms with Gasteiger partial charge in [0.1, 0.15) is 17.2 Å². The number of nitrogens with zero attached hydrogens (tertiary/aromatic N) is 3. The third kappa shape index (κ3) is 52.3. The van der Waals surface area contributed by atoms with Crippen LogP contribution in [0.25, 0.3) is 0 Å². The number of halogens is 4. The van der Waals surface area contributed by atoms with Gasteiger partial charge in [0.25, 0.3) is 0 Å². The summed E-state index contributed by atoms with van der Waals surface area (Å²) in [5.41, 5.74) is 14.4. The first-order chi connectivity index (χ1) is 44.9. The maximum absolute atomic E-state index is 5.99. The summed E-state index contributed by atoms with van der Waals surface area (Å²) in [6, 6.07) is 55.1. The van der Waals surface area contributed by atoms with E-state index in [0.717, 1.165) is 71.8 Å². The topological polar surface area (TPSA) is 30.9 Å². The third-order valence-corrected chi connectivity index (χ3v) is 21.4. The van der Waals surface area contributed by atoms with Gasteiger partial charge in [0, 0.05) is 0 Å². The van der Waals surface area contributed by atoms with Gasteiger partial charge in [0.2, 0.25) is 0 Å². The van der Waals surface area contributed by atoms with E-state index in [1.165, 1.54) is 159 Å². The molecule has 0 spiro atoms. The molecule has 0 bridgehead atoms. The summed E-state index contributed by atoms with van der Waals surface area (Å²) in [4.78, 5) is 4.20. The predicted octanol–water partition coefficient (Wildman–Crippen LogP) is 22.2. The molecule has 11 heteroatoms. The van der Waals surface area contributed by atoms with Gasteiger partial charge in [-0.05, 0) is 279 Å². The van der Waals surface area contributed by atoms with Crippen LogP contribution in [0.15, 0.2) is 146 Å². The Hall–Kier alpha value is -2.36. The Morgan fingerprint density at radius 1 is 0.310 bits per heavy atom. The van der Waals surface area contributed by atoms with Crippen LogP contribution >= 0.6 is 22.6 Å². The molecule has 0 N–H and O–H groups in total. The van der Waals surface area contributed by atoms with Gasteiger partial charge in [-0.2, -0.15) is 0 Å². The average molecular weight is 1900 g/mol. The number of ether oxygens (including phenoxy) is 3. The van der Waals surface area contributed by atoms with Crippen LogP contribution in [0.3, 0.4) is 0 Å². The molecule has 6 aromatic rings. The summed E-state index contributed by atoms with van der Waals surface area (Å²) in [5.74, 6) is 6.75. The maximum atomic E-state index is 5.99. The Labute approximate surface area is 798 Å². The maximum Gasteiger partial charge on any atom is 1.00 e. The van der Waals surface area contributed by atoms with E-state index in [1.807, 2.05) is 4.93 Å². The normalized spacial score (nSPS) is 13.7. The summed E-state index contributed by atoms with van der Waals surface area (Å²) in [6.45, 7) is 26.9. The SMILES string of the molecule is C.C.C.C.C.C.C.C.C.C.C.C.C.C.C.C.C.C.CCC(C)c1ccc(C(C)CC2(c3ccc(OCCCCN(C)C)cc3)CC2)cc1.CCC(C)c1ccc(C(C)CC2(c3ccc(OCCCC[N+](C)(C)C)cc3)CC2)cc1.CCC(C)c1ccc(C(C)CC2(c3ccc(OCCCC[N+](C)(C)C)cc3)CC2)cc1.CI.[Cl-].[Cl-].[I-].[Na+]. The Kier molecular flexibility index (Phi) is 102. The summed E-state index contributed by atoms with van der Waals surface area (Å²) in [5, 5.41) is 0. The summed E-state index contributed by atoms with van der Waals surface area (Å²) in [7, 11) is 17.7. The number of alkyl halides is 1. The van der Waals surface area contributed by atoms with E-state index in [4.69, 9.17) is 14.2 Å². The second-order valence-corrected chi connectivity index (χ2v) is 31.7. The van der Waals surface area contributed by atoms with E-state index >= 15 is 0 Å². The van der Waals surface area contributed by atoms with Crippen molar-refractivity contribution in [2.24, 2.45) is 0 Å². The first-order valence-corrected chi connectivity index (χ1v) is 39.2. The molecule has 0 heterocycles. The molecular weight excluding hydrogens is 1700 g/mol. The van der Waals surface area contributed by atoms with Crippen LogP contribution in [0, 0.1) is 0 Å². The number of benzene rings is 6. The van der Waals surface area contributed by atoms with Crippen molar-refractivity contribution in [3.05, 3.63) is 196 Å². The van der Waals surface area contributed by atoms with E-state index in [0.29, 0.717) is 51.8 Å². The first-order valence-electron chi connectivity index (χ1n) is 37.0. The van der Waals surface area contributed by atoms with Crippen LogP contribution in [0.5, 0.6) is 17.2 Å². The standard InChI is InChI=1S/2C29H44NO.C28H41NO.CH3I.18CH4.2ClH.HI.Na/c2*1-7-23(2)25-10-12-26(13-11-25)24(3)22-29(18-19-29)27-14-16-28(17-15-27)31-21-9-8-20-30(4,5)6;1-6-22(2)24-9-11-25(12-10-24)23(3)21-28(17-18-28)26-13-15-27(16-14-26)30-20-8-7-19-29(4)5;1-2;;;;;;;;;;;;;;;;;;;;;;/h2*10-17,23-24H,7-9,18-22H2,1-6H3;9-16,22-23H,6-8,17-21H2,1-5H3;1H3;18*1H4;3*1H;/q2*+1;;;;;;;;;;;;;;;;;;;;;;;;+1/p-3. The van der Waals surface area contributed by atoms with Crippen molar-refractivity contribution in [1.82, 2.24) is 4.90 Å². The fraction of sp³-hybridized carbons (Fsp3) is 0.657. The van der Waals surface area contributed by atoms with E-state index < -0.39 is 0 Å². The number of rotatable bonds is 36. The molecule has 6 unspecified atom stereocenters. The number of unbranched alkanes of at least 4 members (excludes halogenated alkanes) is 3. The van der Waals surface area contributed by atoms with Gasteiger partial charge in [-0.25, -0.2) is 0 Å². The Bertz CT molecular complexity index is 2910. The minimum absolute atomic E-state index is 0. The molecular formula is C105H204Cl2I2N3NaO3. The first kappa shape index (κ1) is 154. The Balaban J connectivity index is -0.0000000764. The van der Waals surface area contributed by atoms with Crippen molar-refractivity contribution < 1.29 is 102 Å². The summed E-state index contributed by atoms with van der Waals surface area (Å²) >= 11 is 2.15. The van der Waals surface area contributed by atoms with Gasteiger partial charge in [-0.3, -0.25) is 0 Å². The zero-order valence-corrected chi connectivity index (χ0v) is 72.7. The van der Waals surface area contributed by atoms with Crippen molar-refractivity contribution in [3.63, 3.8) is 0 Å². The summed E-state index contributed by atoms with van der Waals surface area (Å²) < 4.78 is 20.0. The number of hydrogen-bond acceptors (Lipinski definition) is 4. The van der Waals surface area contributed by atoms with Crippen molar-refractivity contribution in [1.29, 1.82) is 0 Å². The van der Waals surface area contributed by atoms with Crippen molar-refractivity contribution in [3.8, 4) is 17.2 Å². The van der Waals surface area contributed by atoms with Crippen LogP contribution in [-0.4, -0.2) is 115 Å². The van der Waals surface area contributed by atoms with Crippen LogP contribution in [0.2, 0.25) is 0 Å².